The lowest BCUT2D eigenvalue weighted by molar-refractivity contribution is 0.152. The summed E-state index contributed by atoms with van der Waals surface area (Å²) in [5, 5.41) is 1.07. The van der Waals surface area contributed by atoms with Crippen molar-refractivity contribution in [3.05, 3.63) is 53.7 Å². The Morgan fingerprint density at radius 3 is 2.83 bits per heavy atom. The molecule has 0 amide bonds. The van der Waals surface area contributed by atoms with Crippen LogP contribution in [0.15, 0.2) is 42.6 Å². The second-order valence-electron chi connectivity index (χ2n) is 5.30. The molecule has 1 fully saturated rings. The minimum Gasteiger partial charge on any atom is -0.468 e. The van der Waals surface area contributed by atoms with E-state index < -0.39 is 5.82 Å². The fourth-order valence-corrected chi connectivity index (χ4v) is 2.63. The Labute approximate surface area is 136 Å². The monoisotopic (exact) mass is 330 g/mol. The van der Waals surface area contributed by atoms with Gasteiger partial charge >= 0.3 is 0 Å². The molecule has 5 nitrogen and oxygen atoms in total. The van der Waals surface area contributed by atoms with E-state index in [1.165, 1.54) is 0 Å². The first-order valence-electron chi connectivity index (χ1n) is 7.14. The van der Waals surface area contributed by atoms with E-state index in [-0.39, 0.29) is 17.3 Å². The molecule has 1 aromatic carbocycles. The molecule has 0 aliphatic carbocycles. The molecule has 0 unspecified atom stereocenters. The summed E-state index contributed by atoms with van der Waals surface area (Å²) in [6.07, 6.45) is 0.857. The maximum absolute atomic E-state index is 13.6. The van der Waals surface area contributed by atoms with Crippen LogP contribution in [0, 0.1) is 5.82 Å². The highest BCUT2D eigenvalue weighted by atomic mass is 35.5. The van der Waals surface area contributed by atoms with Gasteiger partial charge in [-0.2, -0.15) is 9.37 Å². The van der Waals surface area contributed by atoms with Crippen molar-refractivity contribution in [2.24, 2.45) is 0 Å². The molecule has 23 heavy (non-hydrogen) atoms. The summed E-state index contributed by atoms with van der Waals surface area (Å²) < 4.78 is 19.1. The number of halogens is 2. The first-order chi connectivity index (χ1) is 11.2. The average Bonchev–Trinajstić information content (AvgIpc) is 2.53. The maximum Gasteiger partial charge on any atom is 0.255 e. The summed E-state index contributed by atoms with van der Waals surface area (Å²) in [4.78, 5) is 14.0. The van der Waals surface area contributed by atoms with Crippen molar-refractivity contribution in [2.75, 3.05) is 18.0 Å². The van der Waals surface area contributed by atoms with Crippen LogP contribution in [-0.4, -0.2) is 34.1 Å². The predicted octanol–water partition coefficient (Wildman–Crippen LogP) is 3.08. The van der Waals surface area contributed by atoms with Crippen molar-refractivity contribution >= 4 is 28.3 Å². The first-order valence-corrected chi connectivity index (χ1v) is 7.52. The van der Waals surface area contributed by atoms with Crippen LogP contribution in [0.1, 0.15) is 0 Å². The third-order valence-electron chi connectivity index (χ3n) is 3.72. The zero-order chi connectivity index (χ0) is 15.8. The summed E-state index contributed by atoms with van der Waals surface area (Å²) in [5.41, 5.74) is 0.947. The minimum atomic E-state index is -0.614. The van der Waals surface area contributed by atoms with Crippen LogP contribution in [-0.2, 0) is 0 Å². The Morgan fingerprint density at radius 2 is 1.96 bits per heavy atom. The number of nitrogens with zero attached hydrogens (tertiary/aromatic N) is 4. The van der Waals surface area contributed by atoms with E-state index in [4.69, 9.17) is 16.3 Å². The van der Waals surface area contributed by atoms with Gasteiger partial charge < -0.3 is 9.64 Å². The number of hydrogen-bond donors (Lipinski definition) is 0. The molecule has 4 rings (SSSR count). The van der Waals surface area contributed by atoms with E-state index in [0.717, 1.165) is 22.9 Å². The first kappa shape index (κ1) is 14.1. The van der Waals surface area contributed by atoms with Gasteiger partial charge in [0.1, 0.15) is 11.9 Å². The molecule has 116 valence electrons. The molecule has 0 spiro atoms. The number of fused-ring (bicyclic) bond motifs is 1. The van der Waals surface area contributed by atoms with Gasteiger partial charge in [-0.25, -0.2) is 9.97 Å². The smallest absolute Gasteiger partial charge is 0.255 e. The highest BCUT2D eigenvalue weighted by Gasteiger charge is 2.30. The third kappa shape index (κ3) is 2.77. The molecule has 2 aromatic heterocycles. The Morgan fingerprint density at radius 1 is 1.13 bits per heavy atom. The second-order valence-corrected chi connectivity index (χ2v) is 5.64. The van der Waals surface area contributed by atoms with Crippen molar-refractivity contribution in [1.82, 2.24) is 15.0 Å². The second kappa shape index (κ2) is 5.62. The Hall–Kier alpha value is -2.47. The van der Waals surface area contributed by atoms with Crippen LogP contribution >= 0.6 is 11.6 Å². The van der Waals surface area contributed by atoms with Crippen molar-refractivity contribution in [1.29, 1.82) is 0 Å². The van der Waals surface area contributed by atoms with Crippen LogP contribution in [0.4, 0.5) is 10.2 Å². The molecule has 0 N–H and O–H groups in total. The van der Waals surface area contributed by atoms with Crippen LogP contribution in [0.25, 0.3) is 10.9 Å². The standard InChI is InChI=1S/C16H12ClFN4O/c17-16-19-7-12(18)15(21-16)23-11-8-22(9-11)14-6-5-10-3-1-2-4-13(10)20-14/h1-7,11H,8-9H2. The topological polar surface area (TPSA) is 51.1 Å². The van der Waals surface area contributed by atoms with Crippen molar-refractivity contribution in [2.45, 2.75) is 6.10 Å². The van der Waals surface area contributed by atoms with Gasteiger partial charge in [-0.15, -0.1) is 0 Å². The molecule has 1 aliphatic heterocycles. The fraction of sp³-hybridized carbons (Fsp3) is 0.188. The van der Waals surface area contributed by atoms with E-state index in [1.54, 1.807) is 0 Å². The summed E-state index contributed by atoms with van der Waals surface area (Å²) in [7, 11) is 0. The quantitative estimate of drug-likeness (QED) is 0.691. The van der Waals surface area contributed by atoms with Crippen LogP contribution < -0.4 is 9.64 Å². The molecule has 1 saturated heterocycles. The van der Waals surface area contributed by atoms with Gasteiger partial charge in [-0.3, -0.25) is 0 Å². The molecule has 0 saturated carbocycles. The highest BCUT2D eigenvalue weighted by molar-refractivity contribution is 6.28. The number of anilines is 1. The summed E-state index contributed by atoms with van der Waals surface area (Å²) in [6, 6.07) is 12.0. The number of para-hydroxylation sites is 1. The summed E-state index contributed by atoms with van der Waals surface area (Å²) in [6.45, 7) is 1.23. The van der Waals surface area contributed by atoms with Crippen molar-refractivity contribution in [3.63, 3.8) is 0 Å². The van der Waals surface area contributed by atoms with Gasteiger partial charge in [-0.05, 0) is 29.8 Å². The lowest BCUT2D eigenvalue weighted by atomic mass is 10.1. The fourth-order valence-electron chi connectivity index (χ4n) is 2.50. The summed E-state index contributed by atoms with van der Waals surface area (Å²) in [5.74, 6) is 0.155. The van der Waals surface area contributed by atoms with Gasteiger partial charge in [0.25, 0.3) is 5.88 Å². The van der Waals surface area contributed by atoms with E-state index in [9.17, 15) is 4.39 Å². The van der Waals surface area contributed by atoms with E-state index >= 15 is 0 Å². The normalized spacial score (nSPS) is 14.8. The molecule has 0 bridgehead atoms. The molecule has 7 heteroatoms. The Bertz CT molecular complexity index is 870. The number of rotatable bonds is 3. The van der Waals surface area contributed by atoms with E-state index in [0.29, 0.717) is 13.1 Å². The van der Waals surface area contributed by atoms with Crippen LogP contribution in [0.2, 0.25) is 5.28 Å². The zero-order valence-corrected chi connectivity index (χ0v) is 12.7. The van der Waals surface area contributed by atoms with E-state index in [2.05, 4.69) is 19.9 Å². The number of pyridine rings is 1. The van der Waals surface area contributed by atoms with Crippen LogP contribution in [0.5, 0.6) is 5.88 Å². The average molecular weight is 331 g/mol. The highest BCUT2D eigenvalue weighted by Crippen LogP contribution is 2.25. The SMILES string of the molecule is Fc1cnc(Cl)nc1OC1CN(c2ccc3ccccc3n2)C1. The number of hydrogen-bond acceptors (Lipinski definition) is 5. The van der Waals surface area contributed by atoms with Crippen molar-refractivity contribution < 1.29 is 9.13 Å². The molecule has 3 aromatic rings. The van der Waals surface area contributed by atoms with Gasteiger partial charge in [0.15, 0.2) is 0 Å². The molecule has 3 heterocycles. The number of ether oxygens (including phenoxy) is 1. The molecule has 0 radical (unpaired) electrons. The van der Waals surface area contributed by atoms with Gasteiger partial charge in [0.05, 0.1) is 24.8 Å². The Kier molecular flexibility index (Phi) is 3.46. The van der Waals surface area contributed by atoms with Crippen LogP contribution in [0.3, 0.4) is 0 Å². The number of benzene rings is 1. The lowest BCUT2D eigenvalue weighted by Crippen LogP contribution is -2.54. The largest absolute Gasteiger partial charge is 0.468 e. The van der Waals surface area contributed by atoms with Crippen molar-refractivity contribution in [3.8, 4) is 5.88 Å². The van der Waals surface area contributed by atoms with E-state index in [1.807, 2.05) is 36.4 Å². The van der Waals surface area contributed by atoms with Gasteiger partial charge in [-0.1, -0.05) is 18.2 Å². The molecule has 0 atom stereocenters. The number of aromatic nitrogens is 3. The third-order valence-corrected chi connectivity index (χ3v) is 3.90. The lowest BCUT2D eigenvalue weighted by Gasteiger charge is -2.39. The molecule has 1 aliphatic rings. The minimum absolute atomic E-state index is 0.0335. The zero-order valence-electron chi connectivity index (χ0n) is 12.0. The Balaban J connectivity index is 1.45. The summed E-state index contributed by atoms with van der Waals surface area (Å²) >= 11 is 5.65. The van der Waals surface area contributed by atoms with Gasteiger partial charge in [0.2, 0.25) is 11.1 Å². The molecular formula is C16H12ClFN4O. The molecular weight excluding hydrogens is 319 g/mol. The van der Waals surface area contributed by atoms with Gasteiger partial charge in [0, 0.05) is 5.39 Å². The maximum atomic E-state index is 13.6. The predicted molar refractivity (Wildman–Crippen MR) is 85.4 cm³/mol.